The van der Waals surface area contributed by atoms with Crippen LogP contribution in [0.2, 0.25) is 10.0 Å². The van der Waals surface area contributed by atoms with E-state index in [1.54, 1.807) is 48.5 Å². The number of furan rings is 1. The van der Waals surface area contributed by atoms with Crippen LogP contribution in [0.15, 0.2) is 58.0 Å². The lowest BCUT2D eigenvalue weighted by Gasteiger charge is -2.22. The Hall–Kier alpha value is -2.81. The van der Waals surface area contributed by atoms with Gasteiger partial charge in [-0.2, -0.15) is 5.10 Å². The molecule has 1 heterocycles. The minimum Gasteiger partial charge on any atom is -0.455 e. The van der Waals surface area contributed by atoms with Crippen molar-refractivity contribution >= 4 is 51.0 Å². The van der Waals surface area contributed by atoms with Gasteiger partial charge in [-0.05, 0) is 67.4 Å². The average Bonchev–Trinajstić information content (AvgIpc) is 3.16. The van der Waals surface area contributed by atoms with E-state index >= 15 is 0 Å². The number of sulfonamides is 1. The Morgan fingerprint density at radius 1 is 1.09 bits per heavy atom. The van der Waals surface area contributed by atoms with Gasteiger partial charge in [-0.25, -0.2) is 13.8 Å². The standard InChI is InChI=1S/C22H21Cl2N3O4S/c1-14-4-6-17(10-15(14)2)27(32(3,29)30)13-22(28)26-25-12-18-7-9-21(31-18)19-8-5-16(23)11-20(19)24/h4-12H,13H2,1-3H3,(H,26,28)/b25-12-. The number of benzene rings is 2. The maximum atomic E-state index is 12.3. The van der Waals surface area contributed by atoms with Gasteiger partial charge in [0.15, 0.2) is 0 Å². The number of anilines is 1. The molecule has 0 spiro atoms. The summed E-state index contributed by atoms with van der Waals surface area (Å²) in [5.41, 5.74) is 5.33. The van der Waals surface area contributed by atoms with Crippen LogP contribution in [-0.2, 0) is 14.8 Å². The summed E-state index contributed by atoms with van der Waals surface area (Å²) in [5, 5.41) is 4.80. The largest absolute Gasteiger partial charge is 0.455 e. The smallest absolute Gasteiger partial charge is 0.260 e. The monoisotopic (exact) mass is 493 g/mol. The SMILES string of the molecule is Cc1ccc(N(CC(=O)N/N=C\c2ccc(-c3ccc(Cl)cc3Cl)o2)S(C)(=O)=O)cc1C. The summed E-state index contributed by atoms with van der Waals surface area (Å²) in [6.07, 6.45) is 2.36. The molecule has 10 heteroatoms. The van der Waals surface area contributed by atoms with Crippen molar-refractivity contribution in [1.29, 1.82) is 0 Å². The van der Waals surface area contributed by atoms with Crippen LogP contribution in [-0.4, -0.2) is 33.3 Å². The van der Waals surface area contributed by atoms with E-state index in [2.05, 4.69) is 10.5 Å². The van der Waals surface area contributed by atoms with Crippen LogP contribution in [0.1, 0.15) is 16.9 Å². The molecular formula is C22H21Cl2N3O4S. The summed E-state index contributed by atoms with van der Waals surface area (Å²) in [4.78, 5) is 12.3. The van der Waals surface area contributed by atoms with Crippen molar-refractivity contribution in [1.82, 2.24) is 5.43 Å². The lowest BCUT2D eigenvalue weighted by atomic mass is 10.1. The lowest BCUT2D eigenvalue weighted by molar-refractivity contribution is -0.119. The van der Waals surface area contributed by atoms with Gasteiger partial charge < -0.3 is 4.42 Å². The minimum atomic E-state index is -3.67. The van der Waals surface area contributed by atoms with Crippen molar-refractivity contribution in [2.45, 2.75) is 13.8 Å². The van der Waals surface area contributed by atoms with Crippen molar-refractivity contribution in [3.8, 4) is 11.3 Å². The molecule has 3 aromatic rings. The minimum absolute atomic E-state index is 0.375. The highest BCUT2D eigenvalue weighted by atomic mass is 35.5. The van der Waals surface area contributed by atoms with Crippen LogP contribution in [0.4, 0.5) is 5.69 Å². The summed E-state index contributed by atoms with van der Waals surface area (Å²) >= 11 is 12.1. The second-order valence-electron chi connectivity index (χ2n) is 7.16. The lowest BCUT2D eigenvalue weighted by Crippen LogP contribution is -2.39. The highest BCUT2D eigenvalue weighted by molar-refractivity contribution is 7.92. The summed E-state index contributed by atoms with van der Waals surface area (Å²) in [7, 11) is -3.67. The molecule has 1 N–H and O–H groups in total. The van der Waals surface area contributed by atoms with Gasteiger partial charge in [-0.3, -0.25) is 9.10 Å². The zero-order chi connectivity index (χ0) is 23.5. The molecule has 0 aliphatic carbocycles. The van der Waals surface area contributed by atoms with E-state index in [4.69, 9.17) is 27.6 Å². The van der Waals surface area contributed by atoms with Gasteiger partial charge in [-0.15, -0.1) is 0 Å². The first kappa shape index (κ1) is 23.8. The van der Waals surface area contributed by atoms with Gasteiger partial charge in [0.05, 0.1) is 23.2 Å². The van der Waals surface area contributed by atoms with Gasteiger partial charge in [-0.1, -0.05) is 29.3 Å². The Labute approximate surface area is 196 Å². The van der Waals surface area contributed by atoms with E-state index in [9.17, 15) is 13.2 Å². The molecule has 0 saturated carbocycles. The van der Waals surface area contributed by atoms with E-state index in [-0.39, 0.29) is 0 Å². The zero-order valence-electron chi connectivity index (χ0n) is 17.6. The number of nitrogens with zero attached hydrogens (tertiary/aromatic N) is 2. The first-order valence-electron chi connectivity index (χ1n) is 9.47. The molecule has 32 heavy (non-hydrogen) atoms. The number of hydrazone groups is 1. The van der Waals surface area contributed by atoms with Crippen LogP contribution < -0.4 is 9.73 Å². The molecule has 2 aromatic carbocycles. The number of carbonyl (C=O) groups excluding carboxylic acids is 1. The number of amides is 1. The molecule has 0 fully saturated rings. The quantitative estimate of drug-likeness (QED) is 0.378. The molecule has 0 radical (unpaired) electrons. The third-order valence-corrected chi connectivity index (χ3v) is 6.36. The Kier molecular flexibility index (Phi) is 7.28. The number of aryl methyl sites for hydroxylation is 2. The molecule has 0 unspecified atom stereocenters. The van der Waals surface area contributed by atoms with Crippen LogP contribution >= 0.6 is 23.2 Å². The van der Waals surface area contributed by atoms with Gasteiger partial charge in [0, 0.05) is 10.6 Å². The predicted molar refractivity (Wildman–Crippen MR) is 128 cm³/mol. The van der Waals surface area contributed by atoms with E-state index in [0.717, 1.165) is 21.7 Å². The first-order valence-corrected chi connectivity index (χ1v) is 12.1. The molecule has 0 bridgehead atoms. The predicted octanol–water partition coefficient (Wildman–Crippen LogP) is 4.79. The Morgan fingerprint density at radius 2 is 1.84 bits per heavy atom. The van der Waals surface area contributed by atoms with Crippen molar-refractivity contribution in [3.63, 3.8) is 0 Å². The number of halogens is 2. The fourth-order valence-corrected chi connectivity index (χ4v) is 4.22. The van der Waals surface area contributed by atoms with Crippen LogP contribution in [0.25, 0.3) is 11.3 Å². The van der Waals surface area contributed by atoms with E-state index in [1.807, 2.05) is 13.8 Å². The summed E-state index contributed by atoms with van der Waals surface area (Å²) in [6, 6.07) is 13.6. The number of rotatable bonds is 7. The third-order valence-electron chi connectivity index (χ3n) is 4.67. The molecular weight excluding hydrogens is 473 g/mol. The van der Waals surface area contributed by atoms with E-state index in [0.29, 0.717) is 32.8 Å². The molecule has 0 saturated heterocycles. The van der Waals surface area contributed by atoms with Crippen molar-refractivity contribution in [3.05, 3.63) is 75.5 Å². The fraction of sp³-hybridized carbons (Fsp3) is 0.182. The Morgan fingerprint density at radius 3 is 2.50 bits per heavy atom. The van der Waals surface area contributed by atoms with Crippen LogP contribution in [0, 0.1) is 13.8 Å². The highest BCUT2D eigenvalue weighted by Gasteiger charge is 2.21. The van der Waals surface area contributed by atoms with Gasteiger partial charge in [0.2, 0.25) is 10.0 Å². The van der Waals surface area contributed by atoms with Gasteiger partial charge in [0.1, 0.15) is 18.1 Å². The van der Waals surface area contributed by atoms with E-state index < -0.39 is 22.5 Å². The Bertz CT molecular complexity index is 1290. The molecule has 168 valence electrons. The average molecular weight is 494 g/mol. The Balaban J connectivity index is 1.68. The summed E-state index contributed by atoms with van der Waals surface area (Å²) < 4.78 is 31.1. The van der Waals surface area contributed by atoms with Crippen LogP contribution in [0.5, 0.6) is 0 Å². The maximum Gasteiger partial charge on any atom is 0.260 e. The third kappa shape index (κ3) is 5.91. The second-order valence-corrected chi connectivity index (χ2v) is 9.91. The topological polar surface area (TPSA) is 92.0 Å². The first-order chi connectivity index (χ1) is 15.0. The highest BCUT2D eigenvalue weighted by Crippen LogP contribution is 2.31. The summed E-state index contributed by atoms with van der Waals surface area (Å²) in [6.45, 7) is 3.38. The molecule has 1 amide bonds. The molecule has 7 nitrogen and oxygen atoms in total. The molecule has 3 rings (SSSR count). The van der Waals surface area contributed by atoms with Crippen molar-refractivity contribution in [2.75, 3.05) is 17.1 Å². The molecule has 1 aromatic heterocycles. The normalized spacial score (nSPS) is 11.7. The number of carbonyl (C=O) groups is 1. The van der Waals surface area contributed by atoms with E-state index in [1.165, 1.54) is 6.21 Å². The maximum absolute atomic E-state index is 12.3. The van der Waals surface area contributed by atoms with Crippen LogP contribution in [0.3, 0.4) is 0 Å². The second kappa shape index (κ2) is 9.77. The molecule has 0 aliphatic heterocycles. The van der Waals surface area contributed by atoms with Gasteiger partial charge in [0.25, 0.3) is 5.91 Å². The van der Waals surface area contributed by atoms with Crippen molar-refractivity contribution < 1.29 is 17.6 Å². The molecule has 0 atom stereocenters. The summed E-state index contributed by atoms with van der Waals surface area (Å²) in [5.74, 6) is 0.287. The van der Waals surface area contributed by atoms with Crippen molar-refractivity contribution in [2.24, 2.45) is 5.10 Å². The number of hydrogen-bond acceptors (Lipinski definition) is 5. The van der Waals surface area contributed by atoms with Gasteiger partial charge >= 0.3 is 0 Å². The number of nitrogens with one attached hydrogen (secondary N) is 1. The molecule has 0 aliphatic rings. The zero-order valence-corrected chi connectivity index (χ0v) is 19.9. The fourth-order valence-electron chi connectivity index (χ4n) is 2.87. The number of hydrogen-bond donors (Lipinski definition) is 1.